The van der Waals surface area contributed by atoms with E-state index >= 15 is 0 Å². The number of aromatic nitrogens is 2. The number of hydrogen-bond donors (Lipinski definition) is 1. The van der Waals surface area contributed by atoms with E-state index in [9.17, 15) is 4.79 Å². The first-order valence-corrected chi connectivity index (χ1v) is 9.74. The van der Waals surface area contributed by atoms with Gasteiger partial charge in [0.15, 0.2) is 0 Å². The van der Waals surface area contributed by atoms with Crippen LogP contribution in [0, 0.1) is 0 Å². The maximum absolute atomic E-state index is 12.1. The van der Waals surface area contributed by atoms with E-state index < -0.39 is 0 Å². The minimum absolute atomic E-state index is 0. The van der Waals surface area contributed by atoms with Gasteiger partial charge in [0.2, 0.25) is 5.91 Å². The number of piperidine rings is 1. The second kappa shape index (κ2) is 8.95. The number of halogens is 2. The molecule has 5 nitrogen and oxygen atoms in total. The van der Waals surface area contributed by atoms with Gasteiger partial charge >= 0.3 is 0 Å². The summed E-state index contributed by atoms with van der Waals surface area (Å²) in [5.41, 5.74) is 9.01. The molecule has 0 bridgehead atoms. The summed E-state index contributed by atoms with van der Waals surface area (Å²) in [5.74, 6) is 0.606. The van der Waals surface area contributed by atoms with Crippen LogP contribution in [0.5, 0.6) is 0 Å². The molecule has 3 heterocycles. The molecule has 0 radical (unpaired) electrons. The molecule has 1 aliphatic heterocycles. The van der Waals surface area contributed by atoms with Gasteiger partial charge in [-0.05, 0) is 54.7 Å². The monoisotopic (exact) mass is 418 g/mol. The Morgan fingerprint density at radius 3 is 2.57 bits per heavy atom. The first-order chi connectivity index (χ1) is 13.2. The number of fused-ring (bicyclic) bond motifs is 1. The number of amides is 1. The van der Waals surface area contributed by atoms with Crippen LogP contribution in [0.1, 0.15) is 30.7 Å². The van der Waals surface area contributed by atoms with Gasteiger partial charge in [0.25, 0.3) is 0 Å². The predicted octanol–water partition coefficient (Wildman–Crippen LogP) is 4.16. The second-order valence-corrected chi connectivity index (χ2v) is 7.45. The van der Waals surface area contributed by atoms with Crippen molar-refractivity contribution in [2.75, 3.05) is 19.6 Å². The summed E-state index contributed by atoms with van der Waals surface area (Å²) in [6.07, 6.45) is 8.35. The Morgan fingerprint density at radius 1 is 1.18 bits per heavy atom. The third kappa shape index (κ3) is 4.02. The van der Waals surface area contributed by atoms with Gasteiger partial charge in [-0.15, -0.1) is 12.4 Å². The number of carbonyl (C=O) groups is 1. The first kappa shape index (κ1) is 20.6. The number of nitrogens with zero attached hydrogens (tertiary/aromatic N) is 3. The fourth-order valence-corrected chi connectivity index (χ4v) is 4.09. The highest BCUT2D eigenvalue weighted by molar-refractivity contribution is 6.30. The van der Waals surface area contributed by atoms with Crippen LogP contribution < -0.4 is 5.73 Å². The lowest BCUT2D eigenvalue weighted by Crippen LogP contribution is -2.38. The molecule has 3 aromatic rings. The van der Waals surface area contributed by atoms with Crippen LogP contribution in [0.15, 0.2) is 48.9 Å². The first-order valence-electron chi connectivity index (χ1n) is 9.36. The SMILES string of the molecule is Cl.NCCC(=O)N1CCC(c2cn(-c3ccc(Cl)cc3)c3cnccc23)CC1. The molecule has 2 aromatic heterocycles. The fraction of sp³-hybridized carbons (Fsp3) is 0.333. The Labute approximate surface area is 175 Å². The number of hydrogen-bond acceptors (Lipinski definition) is 3. The minimum Gasteiger partial charge on any atom is -0.343 e. The van der Waals surface area contributed by atoms with E-state index in [-0.39, 0.29) is 18.3 Å². The molecule has 0 atom stereocenters. The highest BCUT2D eigenvalue weighted by atomic mass is 35.5. The van der Waals surface area contributed by atoms with Gasteiger partial charge < -0.3 is 15.2 Å². The van der Waals surface area contributed by atoms with Crippen molar-refractivity contribution in [2.24, 2.45) is 5.73 Å². The lowest BCUT2D eigenvalue weighted by atomic mass is 9.89. The van der Waals surface area contributed by atoms with Crippen molar-refractivity contribution in [1.82, 2.24) is 14.5 Å². The average molecular weight is 419 g/mol. The van der Waals surface area contributed by atoms with Crippen molar-refractivity contribution in [3.05, 3.63) is 59.5 Å². The maximum Gasteiger partial charge on any atom is 0.223 e. The van der Waals surface area contributed by atoms with Crippen LogP contribution in [0.25, 0.3) is 16.6 Å². The third-order valence-corrected chi connectivity index (χ3v) is 5.64. The van der Waals surface area contributed by atoms with E-state index in [1.54, 1.807) is 0 Å². The van der Waals surface area contributed by atoms with E-state index in [1.165, 1.54) is 10.9 Å². The highest BCUT2D eigenvalue weighted by Crippen LogP contribution is 2.35. The minimum atomic E-state index is 0. The summed E-state index contributed by atoms with van der Waals surface area (Å²) in [5, 5.41) is 1.95. The van der Waals surface area contributed by atoms with Gasteiger partial charge in [-0.2, -0.15) is 0 Å². The Morgan fingerprint density at radius 2 is 1.89 bits per heavy atom. The van der Waals surface area contributed by atoms with Crippen molar-refractivity contribution in [2.45, 2.75) is 25.2 Å². The Hall–Kier alpha value is -2.08. The van der Waals surface area contributed by atoms with Gasteiger partial charge in [0.1, 0.15) is 0 Å². The Balaban J connectivity index is 0.00000225. The van der Waals surface area contributed by atoms with Crippen molar-refractivity contribution in [3.63, 3.8) is 0 Å². The molecule has 1 saturated heterocycles. The summed E-state index contributed by atoms with van der Waals surface area (Å²) in [6, 6.07) is 9.93. The molecule has 1 aromatic carbocycles. The molecular weight excluding hydrogens is 395 g/mol. The van der Waals surface area contributed by atoms with Crippen molar-refractivity contribution < 1.29 is 4.79 Å². The van der Waals surface area contributed by atoms with Crippen LogP contribution in [-0.2, 0) is 4.79 Å². The quantitative estimate of drug-likeness (QED) is 0.691. The van der Waals surface area contributed by atoms with Crippen molar-refractivity contribution in [1.29, 1.82) is 0 Å². The topological polar surface area (TPSA) is 64.2 Å². The van der Waals surface area contributed by atoms with E-state index in [1.807, 2.05) is 41.6 Å². The summed E-state index contributed by atoms with van der Waals surface area (Å²) >= 11 is 6.04. The van der Waals surface area contributed by atoms with Crippen molar-refractivity contribution in [3.8, 4) is 5.69 Å². The van der Waals surface area contributed by atoms with Crippen LogP contribution in [-0.4, -0.2) is 40.0 Å². The number of benzene rings is 1. The summed E-state index contributed by atoms with van der Waals surface area (Å²) in [6.45, 7) is 2.00. The highest BCUT2D eigenvalue weighted by Gasteiger charge is 2.26. The number of likely N-dealkylation sites (tertiary alicyclic amines) is 1. The maximum atomic E-state index is 12.1. The molecule has 1 amide bonds. The number of nitrogens with two attached hydrogens (primary N) is 1. The van der Waals surface area contributed by atoms with Gasteiger partial charge in [-0.1, -0.05) is 11.6 Å². The van der Waals surface area contributed by atoms with E-state index in [0.29, 0.717) is 18.9 Å². The standard InChI is InChI=1S/C21H23ClN4O.ClH/c22-16-1-3-17(4-2-16)26-14-19(18-6-10-24-13-20(18)26)15-7-11-25(12-8-15)21(27)5-9-23;/h1-4,6,10,13-15H,5,7-9,11-12,23H2;1H. The Kier molecular flexibility index (Phi) is 6.60. The summed E-state index contributed by atoms with van der Waals surface area (Å²) in [4.78, 5) is 18.4. The second-order valence-electron chi connectivity index (χ2n) is 7.02. The zero-order valence-corrected chi connectivity index (χ0v) is 17.1. The lowest BCUT2D eigenvalue weighted by molar-refractivity contribution is -0.132. The molecule has 2 N–H and O–H groups in total. The number of rotatable bonds is 4. The zero-order chi connectivity index (χ0) is 18.8. The molecule has 148 valence electrons. The third-order valence-electron chi connectivity index (χ3n) is 5.39. The number of pyridine rings is 1. The molecule has 0 aliphatic carbocycles. The average Bonchev–Trinajstić information content (AvgIpc) is 3.09. The molecule has 1 aliphatic rings. The Bertz CT molecular complexity index is 947. The van der Waals surface area contributed by atoms with Gasteiger partial charge in [0.05, 0.1) is 11.7 Å². The molecule has 0 unspecified atom stereocenters. The largest absolute Gasteiger partial charge is 0.343 e. The van der Waals surface area contributed by atoms with E-state index in [2.05, 4.69) is 21.8 Å². The number of carbonyl (C=O) groups excluding carboxylic acids is 1. The predicted molar refractivity (Wildman–Crippen MR) is 116 cm³/mol. The zero-order valence-electron chi connectivity index (χ0n) is 15.6. The van der Waals surface area contributed by atoms with Gasteiger partial charge in [-0.3, -0.25) is 9.78 Å². The molecule has 4 rings (SSSR count). The van der Waals surface area contributed by atoms with Crippen LogP contribution in [0.3, 0.4) is 0 Å². The fourth-order valence-electron chi connectivity index (χ4n) is 3.96. The van der Waals surface area contributed by atoms with E-state index in [0.717, 1.165) is 42.2 Å². The van der Waals surface area contributed by atoms with Gasteiger partial charge in [-0.25, -0.2) is 0 Å². The van der Waals surface area contributed by atoms with Gasteiger partial charge in [0, 0.05) is 54.5 Å². The molecule has 0 spiro atoms. The molecule has 1 fully saturated rings. The molecule has 7 heteroatoms. The lowest BCUT2D eigenvalue weighted by Gasteiger charge is -2.32. The van der Waals surface area contributed by atoms with Crippen LogP contribution >= 0.6 is 24.0 Å². The summed E-state index contributed by atoms with van der Waals surface area (Å²) in [7, 11) is 0. The van der Waals surface area contributed by atoms with Crippen molar-refractivity contribution >= 4 is 40.8 Å². The molecule has 28 heavy (non-hydrogen) atoms. The van der Waals surface area contributed by atoms with Crippen LogP contribution in [0.4, 0.5) is 0 Å². The smallest absolute Gasteiger partial charge is 0.223 e. The molecular formula is C21H24Cl2N4O. The normalized spacial score (nSPS) is 14.9. The van der Waals surface area contributed by atoms with Crippen LogP contribution in [0.2, 0.25) is 5.02 Å². The molecule has 0 saturated carbocycles. The van der Waals surface area contributed by atoms with E-state index in [4.69, 9.17) is 17.3 Å². The summed E-state index contributed by atoms with van der Waals surface area (Å²) < 4.78 is 2.18.